The van der Waals surface area contributed by atoms with Crippen LogP contribution in [0.15, 0.2) is 53.7 Å². The molecule has 1 aliphatic rings. The largest absolute Gasteiger partial charge is 0.378 e. The fourth-order valence-corrected chi connectivity index (χ4v) is 4.56. The van der Waals surface area contributed by atoms with Crippen LogP contribution in [0.25, 0.3) is 5.69 Å². The minimum absolute atomic E-state index is 0.145. The Bertz CT molecular complexity index is 1040. The highest BCUT2D eigenvalue weighted by Crippen LogP contribution is 2.24. The number of amides is 1. The molecule has 1 amide bonds. The summed E-state index contributed by atoms with van der Waals surface area (Å²) in [6, 6.07) is 14.4. The number of rotatable bonds is 7. The van der Waals surface area contributed by atoms with Crippen LogP contribution in [0.3, 0.4) is 0 Å². The van der Waals surface area contributed by atoms with Gasteiger partial charge in [0, 0.05) is 24.5 Å². The van der Waals surface area contributed by atoms with Gasteiger partial charge < -0.3 is 10.2 Å². The van der Waals surface area contributed by atoms with E-state index in [2.05, 4.69) is 22.4 Å². The van der Waals surface area contributed by atoms with Gasteiger partial charge in [-0.3, -0.25) is 9.36 Å². The van der Waals surface area contributed by atoms with Crippen molar-refractivity contribution < 1.29 is 9.18 Å². The molecule has 0 spiro atoms. The second-order valence-corrected chi connectivity index (χ2v) is 9.22. The molecule has 0 bridgehead atoms. The number of likely N-dealkylation sites (tertiary alicyclic amines) is 1. The third kappa shape index (κ3) is 5.48. The molecule has 1 saturated heterocycles. The van der Waals surface area contributed by atoms with Gasteiger partial charge in [0.1, 0.15) is 5.82 Å². The van der Waals surface area contributed by atoms with E-state index < -0.39 is 0 Å². The van der Waals surface area contributed by atoms with Crippen molar-refractivity contribution in [2.45, 2.75) is 38.4 Å². The Morgan fingerprint density at radius 1 is 1.09 bits per heavy atom. The number of hydrogen-bond donors (Lipinski definition) is 1. The molecule has 4 rings (SSSR count). The maximum absolute atomic E-state index is 13.2. The highest BCUT2D eigenvalue weighted by atomic mass is 32.2. The lowest BCUT2D eigenvalue weighted by molar-refractivity contribution is -0.129. The fourth-order valence-electron chi connectivity index (χ4n) is 3.69. The molecule has 0 aliphatic carbocycles. The number of carbonyl (C=O) groups is 1. The van der Waals surface area contributed by atoms with Crippen LogP contribution in [0.2, 0.25) is 0 Å². The van der Waals surface area contributed by atoms with Crippen LogP contribution in [0.5, 0.6) is 0 Å². The van der Waals surface area contributed by atoms with Gasteiger partial charge in [-0.25, -0.2) is 4.39 Å². The predicted octanol–water partition coefficient (Wildman–Crippen LogP) is 4.68. The molecule has 32 heavy (non-hydrogen) atoms. The van der Waals surface area contributed by atoms with E-state index in [1.165, 1.54) is 23.9 Å². The van der Waals surface area contributed by atoms with E-state index in [0.29, 0.717) is 23.4 Å². The molecule has 0 saturated carbocycles. The average molecular weight is 454 g/mol. The van der Waals surface area contributed by atoms with E-state index >= 15 is 0 Å². The lowest BCUT2D eigenvalue weighted by Crippen LogP contribution is -2.38. The molecule has 168 valence electrons. The lowest BCUT2D eigenvalue weighted by atomic mass is 9.99. The quantitative estimate of drug-likeness (QED) is 0.527. The van der Waals surface area contributed by atoms with Crippen molar-refractivity contribution in [1.82, 2.24) is 19.7 Å². The first kappa shape index (κ1) is 22.3. The molecule has 1 N–H and O–H groups in total. The molecule has 3 aromatic rings. The number of anilines is 1. The number of nitrogens with zero attached hydrogens (tertiary/aromatic N) is 4. The summed E-state index contributed by atoms with van der Waals surface area (Å²) < 4.78 is 15.2. The van der Waals surface area contributed by atoms with Gasteiger partial charge in [-0.05, 0) is 62.1 Å². The summed E-state index contributed by atoms with van der Waals surface area (Å²) in [6.45, 7) is 6.37. The van der Waals surface area contributed by atoms with Crippen LogP contribution < -0.4 is 5.32 Å². The van der Waals surface area contributed by atoms with Crippen molar-refractivity contribution >= 4 is 23.4 Å². The van der Waals surface area contributed by atoms with Crippen LogP contribution in [0, 0.1) is 18.7 Å². The summed E-state index contributed by atoms with van der Waals surface area (Å²) in [7, 11) is 0. The number of thioether (sulfide) groups is 1. The maximum Gasteiger partial charge on any atom is 0.233 e. The summed E-state index contributed by atoms with van der Waals surface area (Å²) in [5.41, 5.74) is 2.91. The minimum atomic E-state index is -0.273. The van der Waals surface area contributed by atoms with Crippen LogP contribution in [-0.4, -0.2) is 44.4 Å². The molecule has 8 heteroatoms. The number of carbonyl (C=O) groups excluding carboxylic acids is 1. The van der Waals surface area contributed by atoms with Crippen LogP contribution in [0.4, 0.5) is 10.1 Å². The van der Waals surface area contributed by atoms with Crippen LogP contribution >= 0.6 is 11.8 Å². The maximum atomic E-state index is 13.2. The SMILES string of the molecule is Cc1ccc(-n2c(CNc3ccc(F)cc3)nnc2SCC(=O)N2CCC(C)CC2)cc1. The number of aromatic nitrogens is 3. The third-order valence-corrected chi connectivity index (χ3v) is 6.66. The molecule has 1 aromatic heterocycles. The van der Waals surface area contributed by atoms with E-state index in [1.54, 1.807) is 12.1 Å². The van der Waals surface area contributed by atoms with Crippen LogP contribution in [0.1, 0.15) is 31.2 Å². The van der Waals surface area contributed by atoms with E-state index in [-0.39, 0.29) is 11.7 Å². The van der Waals surface area contributed by atoms with Crippen molar-refractivity contribution in [3.05, 3.63) is 65.7 Å². The molecule has 1 aliphatic heterocycles. The third-order valence-electron chi connectivity index (χ3n) is 5.75. The number of piperidine rings is 1. The van der Waals surface area contributed by atoms with Gasteiger partial charge in [-0.1, -0.05) is 36.4 Å². The summed E-state index contributed by atoms with van der Waals surface area (Å²) in [5.74, 6) is 1.62. The Hall–Kier alpha value is -2.87. The Balaban J connectivity index is 1.50. The minimum Gasteiger partial charge on any atom is -0.378 e. The van der Waals surface area contributed by atoms with Crippen molar-refractivity contribution in [3.8, 4) is 5.69 Å². The molecule has 0 atom stereocenters. The van der Waals surface area contributed by atoms with E-state index in [9.17, 15) is 9.18 Å². The molecular formula is C24H28FN5OS. The molecule has 0 unspecified atom stereocenters. The second-order valence-electron chi connectivity index (χ2n) is 8.28. The van der Waals surface area contributed by atoms with Gasteiger partial charge in [0.15, 0.2) is 11.0 Å². The average Bonchev–Trinajstić information content (AvgIpc) is 3.21. The predicted molar refractivity (Wildman–Crippen MR) is 126 cm³/mol. The first-order chi connectivity index (χ1) is 15.5. The number of halogens is 1. The summed E-state index contributed by atoms with van der Waals surface area (Å²) >= 11 is 1.41. The molecule has 1 fully saturated rings. The zero-order chi connectivity index (χ0) is 22.5. The first-order valence-electron chi connectivity index (χ1n) is 10.9. The second kappa shape index (κ2) is 10.2. The lowest BCUT2D eigenvalue weighted by Gasteiger charge is -2.30. The molecule has 2 heterocycles. The van der Waals surface area contributed by atoms with Crippen molar-refractivity contribution in [3.63, 3.8) is 0 Å². The smallest absolute Gasteiger partial charge is 0.233 e. The van der Waals surface area contributed by atoms with Gasteiger partial charge in [0.05, 0.1) is 12.3 Å². The van der Waals surface area contributed by atoms with Gasteiger partial charge in [-0.15, -0.1) is 10.2 Å². The topological polar surface area (TPSA) is 63.1 Å². The summed E-state index contributed by atoms with van der Waals surface area (Å²) in [6.07, 6.45) is 2.13. The number of nitrogens with one attached hydrogen (secondary N) is 1. The highest BCUT2D eigenvalue weighted by Gasteiger charge is 2.22. The molecule has 6 nitrogen and oxygen atoms in total. The number of hydrogen-bond acceptors (Lipinski definition) is 5. The molecule has 0 radical (unpaired) electrons. The first-order valence-corrected chi connectivity index (χ1v) is 11.9. The Labute approximate surface area is 192 Å². The summed E-state index contributed by atoms with van der Waals surface area (Å²) in [4.78, 5) is 14.7. The van der Waals surface area contributed by atoms with E-state index in [0.717, 1.165) is 48.7 Å². The van der Waals surface area contributed by atoms with Crippen LogP contribution in [-0.2, 0) is 11.3 Å². The monoisotopic (exact) mass is 453 g/mol. The Kier molecular flexibility index (Phi) is 7.09. The molecular weight excluding hydrogens is 425 g/mol. The van der Waals surface area contributed by atoms with E-state index in [1.807, 2.05) is 40.7 Å². The Morgan fingerprint density at radius 2 is 1.78 bits per heavy atom. The Morgan fingerprint density at radius 3 is 2.47 bits per heavy atom. The van der Waals surface area contributed by atoms with Gasteiger partial charge in [-0.2, -0.15) is 0 Å². The van der Waals surface area contributed by atoms with Crippen molar-refractivity contribution in [2.24, 2.45) is 5.92 Å². The number of benzene rings is 2. The molecule has 2 aromatic carbocycles. The van der Waals surface area contributed by atoms with Gasteiger partial charge in [0.25, 0.3) is 0 Å². The van der Waals surface area contributed by atoms with Crippen molar-refractivity contribution in [2.75, 3.05) is 24.2 Å². The zero-order valence-corrected chi connectivity index (χ0v) is 19.2. The standard InChI is InChI=1S/C24H28FN5OS/c1-17-3-9-21(10-4-17)30-22(15-26-20-7-5-19(25)6-8-20)27-28-24(30)32-16-23(31)29-13-11-18(2)12-14-29/h3-10,18,26H,11-16H2,1-2H3. The van der Waals surface area contributed by atoms with Crippen molar-refractivity contribution in [1.29, 1.82) is 0 Å². The van der Waals surface area contributed by atoms with Gasteiger partial charge >= 0.3 is 0 Å². The fraction of sp³-hybridized carbons (Fsp3) is 0.375. The number of aryl methyl sites for hydroxylation is 1. The normalized spacial score (nSPS) is 14.5. The van der Waals surface area contributed by atoms with Gasteiger partial charge in [0.2, 0.25) is 5.91 Å². The summed E-state index contributed by atoms with van der Waals surface area (Å²) in [5, 5.41) is 12.7. The van der Waals surface area contributed by atoms with E-state index in [4.69, 9.17) is 0 Å². The highest BCUT2D eigenvalue weighted by molar-refractivity contribution is 7.99. The zero-order valence-electron chi connectivity index (χ0n) is 18.4.